The molecular weight excluding hydrogens is 248 g/mol. The monoisotopic (exact) mass is 272 g/mol. The number of rotatable bonds is 7. The van der Waals surface area contributed by atoms with E-state index < -0.39 is 0 Å². The average molecular weight is 272 g/mol. The average Bonchev–Trinajstić information content (AvgIpc) is 2.87. The molecule has 3 nitrogen and oxygen atoms in total. The molecule has 0 saturated heterocycles. The van der Waals surface area contributed by atoms with Crippen LogP contribution in [-0.2, 0) is 6.54 Å². The Hall–Kier alpha value is -1.58. The number of aryl methyl sites for hydroxylation is 1. The van der Waals surface area contributed by atoms with E-state index >= 15 is 0 Å². The maximum Gasteiger partial charge on any atom is 0.134 e. The molecule has 0 atom stereocenters. The second-order valence-electron chi connectivity index (χ2n) is 5.47. The SMILES string of the molecule is Cc1ccc(-c2ccc(CNCCCN(C)C)o2)cc1. The zero-order chi connectivity index (χ0) is 14.4. The normalized spacial score (nSPS) is 11.2. The maximum absolute atomic E-state index is 5.86. The molecular formula is C17H24N2O. The maximum atomic E-state index is 5.86. The van der Waals surface area contributed by atoms with Crippen LogP contribution in [0.4, 0.5) is 0 Å². The Morgan fingerprint density at radius 1 is 1.05 bits per heavy atom. The molecule has 108 valence electrons. The van der Waals surface area contributed by atoms with Crippen molar-refractivity contribution in [1.29, 1.82) is 0 Å². The second-order valence-corrected chi connectivity index (χ2v) is 5.47. The first-order valence-electron chi connectivity index (χ1n) is 7.16. The van der Waals surface area contributed by atoms with Gasteiger partial charge in [-0.15, -0.1) is 0 Å². The first-order valence-corrected chi connectivity index (χ1v) is 7.16. The fourth-order valence-electron chi connectivity index (χ4n) is 2.08. The van der Waals surface area contributed by atoms with Gasteiger partial charge in [-0.2, -0.15) is 0 Å². The van der Waals surface area contributed by atoms with Gasteiger partial charge in [-0.05, 0) is 52.7 Å². The molecule has 0 saturated carbocycles. The van der Waals surface area contributed by atoms with Crippen molar-refractivity contribution in [3.05, 3.63) is 47.7 Å². The third-order valence-corrected chi connectivity index (χ3v) is 3.26. The minimum atomic E-state index is 0.791. The topological polar surface area (TPSA) is 28.4 Å². The Morgan fingerprint density at radius 3 is 2.50 bits per heavy atom. The highest BCUT2D eigenvalue weighted by Crippen LogP contribution is 2.22. The molecule has 0 radical (unpaired) electrons. The van der Waals surface area contributed by atoms with Gasteiger partial charge in [-0.25, -0.2) is 0 Å². The number of hydrogen-bond donors (Lipinski definition) is 1. The molecule has 2 rings (SSSR count). The molecule has 0 fully saturated rings. The molecule has 20 heavy (non-hydrogen) atoms. The Bertz CT molecular complexity index is 514. The smallest absolute Gasteiger partial charge is 0.134 e. The summed E-state index contributed by atoms with van der Waals surface area (Å²) in [6, 6.07) is 12.5. The predicted molar refractivity (Wildman–Crippen MR) is 83.8 cm³/mol. The van der Waals surface area contributed by atoms with Crippen LogP contribution >= 0.6 is 0 Å². The summed E-state index contributed by atoms with van der Waals surface area (Å²) in [7, 11) is 4.20. The first-order chi connectivity index (χ1) is 9.65. The number of hydrogen-bond acceptors (Lipinski definition) is 3. The fourth-order valence-corrected chi connectivity index (χ4v) is 2.08. The van der Waals surface area contributed by atoms with Gasteiger partial charge in [0.15, 0.2) is 0 Å². The summed E-state index contributed by atoms with van der Waals surface area (Å²) in [6.07, 6.45) is 1.15. The molecule has 1 heterocycles. The van der Waals surface area contributed by atoms with Crippen molar-refractivity contribution in [3.8, 4) is 11.3 Å². The number of benzene rings is 1. The zero-order valence-electron chi connectivity index (χ0n) is 12.6. The van der Waals surface area contributed by atoms with Crippen LogP contribution in [0.3, 0.4) is 0 Å². The Morgan fingerprint density at radius 2 is 1.80 bits per heavy atom. The molecule has 1 aromatic carbocycles. The molecule has 0 aliphatic carbocycles. The van der Waals surface area contributed by atoms with E-state index in [1.54, 1.807) is 0 Å². The van der Waals surface area contributed by atoms with Crippen molar-refractivity contribution in [3.63, 3.8) is 0 Å². The van der Waals surface area contributed by atoms with Crippen molar-refractivity contribution in [2.45, 2.75) is 19.9 Å². The summed E-state index contributed by atoms with van der Waals surface area (Å²) >= 11 is 0. The molecule has 0 aliphatic heterocycles. The lowest BCUT2D eigenvalue weighted by Gasteiger charge is -2.09. The van der Waals surface area contributed by atoms with Gasteiger partial charge < -0.3 is 14.6 Å². The van der Waals surface area contributed by atoms with Gasteiger partial charge in [-0.1, -0.05) is 29.8 Å². The quantitative estimate of drug-likeness (QED) is 0.784. The fraction of sp³-hybridized carbons (Fsp3) is 0.412. The molecule has 0 unspecified atom stereocenters. The van der Waals surface area contributed by atoms with Crippen molar-refractivity contribution in [2.75, 3.05) is 27.2 Å². The van der Waals surface area contributed by atoms with Crippen molar-refractivity contribution in [1.82, 2.24) is 10.2 Å². The third kappa shape index (κ3) is 4.51. The number of nitrogens with zero attached hydrogens (tertiary/aromatic N) is 1. The summed E-state index contributed by atoms with van der Waals surface area (Å²) in [4.78, 5) is 2.20. The van der Waals surface area contributed by atoms with Crippen LogP contribution in [0.5, 0.6) is 0 Å². The molecule has 0 amide bonds. The lowest BCUT2D eigenvalue weighted by molar-refractivity contribution is 0.391. The van der Waals surface area contributed by atoms with Gasteiger partial charge in [-0.3, -0.25) is 0 Å². The van der Waals surface area contributed by atoms with E-state index in [0.29, 0.717) is 0 Å². The molecule has 3 heteroatoms. The lowest BCUT2D eigenvalue weighted by atomic mass is 10.1. The summed E-state index contributed by atoms with van der Waals surface area (Å²) in [6.45, 7) is 5.01. The highest BCUT2D eigenvalue weighted by atomic mass is 16.3. The molecule has 1 aromatic heterocycles. The van der Waals surface area contributed by atoms with Crippen molar-refractivity contribution >= 4 is 0 Å². The van der Waals surface area contributed by atoms with Crippen molar-refractivity contribution < 1.29 is 4.42 Å². The third-order valence-electron chi connectivity index (χ3n) is 3.26. The van der Waals surface area contributed by atoms with Crippen LogP contribution in [0.15, 0.2) is 40.8 Å². The molecule has 0 spiro atoms. The van der Waals surface area contributed by atoms with E-state index in [4.69, 9.17) is 4.42 Å². The van der Waals surface area contributed by atoms with E-state index in [1.165, 1.54) is 5.56 Å². The summed E-state index contributed by atoms with van der Waals surface area (Å²) in [5.41, 5.74) is 2.40. The van der Waals surface area contributed by atoms with E-state index in [1.807, 2.05) is 12.1 Å². The molecule has 0 aliphatic rings. The molecule has 1 N–H and O–H groups in total. The van der Waals surface area contributed by atoms with Crippen LogP contribution in [0.2, 0.25) is 0 Å². The molecule has 0 bridgehead atoms. The van der Waals surface area contributed by atoms with Crippen LogP contribution in [-0.4, -0.2) is 32.1 Å². The Kier molecular flexibility index (Phi) is 5.39. The van der Waals surface area contributed by atoms with Crippen LogP contribution in [0.25, 0.3) is 11.3 Å². The standard InChI is InChI=1S/C17H24N2O/c1-14-5-7-15(8-6-14)17-10-9-16(20-17)13-18-11-4-12-19(2)3/h5-10,18H,4,11-13H2,1-3H3. The van der Waals surface area contributed by atoms with Gasteiger partial charge in [0, 0.05) is 5.56 Å². The van der Waals surface area contributed by atoms with Crippen LogP contribution in [0, 0.1) is 6.92 Å². The van der Waals surface area contributed by atoms with Crippen LogP contribution in [0.1, 0.15) is 17.7 Å². The summed E-state index contributed by atoms with van der Waals surface area (Å²) in [5, 5.41) is 3.41. The van der Waals surface area contributed by atoms with E-state index in [2.05, 4.69) is 55.5 Å². The van der Waals surface area contributed by atoms with Gasteiger partial charge >= 0.3 is 0 Å². The van der Waals surface area contributed by atoms with Gasteiger partial charge in [0.25, 0.3) is 0 Å². The summed E-state index contributed by atoms with van der Waals surface area (Å²) in [5.74, 6) is 1.93. The highest BCUT2D eigenvalue weighted by molar-refractivity contribution is 5.57. The summed E-state index contributed by atoms with van der Waals surface area (Å²) < 4.78 is 5.86. The Balaban J connectivity index is 1.82. The number of furan rings is 1. The van der Waals surface area contributed by atoms with Gasteiger partial charge in [0.1, 0.15) is 11.5 Å². The molecule has 2 aromatic rings. The minimum absolute atomic E-state index is 0.791. The van der Waals surface area contributed by atoms with Gasteiger partial charge in [0.2, 0.25) is 0 Å². The van der Waals surface area contributed by atoms with Crippen LogP contribution < -0.4 is 5.32 Å². The Labute approximate surface area is 121 Å². The highest BCUT2D eigenvalue weighted by Gasteiger charge is 2.04. The van der Waals surface area contributed by atoms with E-state index in [-0.39, 0.29) is 0 Å². The van der Waals surface area contributed by atoms with Gasteiger partial charge in [0.05, 0.1) is 6.54 Å². The van der Waals surface area contributed by atoms with E-state index in [9.17, 15) is 0 Å². The van der Waals surface area contributed by atoms with E-state index in [0.717, 1.165) is 43.1 Å². The largest absolute Gasteiger partial charge is 0.460 e. The minimum Gasteiger partial charge on any atom is -0.460 e. The predicted octanol–water partition coefficient (Wildman–Crippen LogP) is 3.30. The lowest BCUT2D eigenvalue weighted by Crippen LogP contribution is -2.20. The van der Waals surface area contributed by atoms with Crippen molar-refractivity contribution in [2.24, 2.45) is 0 Å². The zero-order valence-corrected chi connectivity index (χ0v) is 12.6. The second kappa shape index (κ2) is 7.27. The first kappa shape index (κ1) is 14.8. The number of nitrogens with one attached hydrogen (secondary N) is 1.